The van der Waals surface area contributed by atoms with Gasteiger partial charge in [-0.15, -0.1) is 0 Å². The van der Waals surface area contributed by atoms with Gasteiger partial charge in [0.25, 0.3) is 0 Å². The number of anilines is 2. The second-order valence-electron chi connectivity index (χ2n) is 14.8. The molecule has 2 heterocycles. The van der Waals surface area contributed by atoms with Crippen molar-refractivity contribution in [2.24, 2.45) is 5.41 Å². The number of nitrogens with zero attached hydrogens (tertiary/aromatic N) is 3. The molecule has 3 N–H and O–H groups in total. The zero-order valence-corrected chi connectivity index (χ0v) is 31.8. The Morgan fingerprint density at radius 1 is 0.836 bits per heavy atom. The number of methoxy groups -OCH3 is 1. The number of piperazine rings is 1. The molecule has 0 spiro atoms. The standard InChI is InChI=1S/C41H49FN6O7/c1-40(2,3)55-39(51)44-17-18-47-19-21-48(22-20-47)23-24-53-27-28-25-34-33(26-36(28)52-4)35(13-16-43-34)54-32-11-9-31(10-12-32)46-38(50)41(14-15-41)37(49)45-30-7-5-29(42)6-8-30/h5-13,16,25-26H,14-15,17-24,27H2,1-4H3,(H,44,51)(H,45,49)(H,46,50). The third-order valence-corrected chi connectivity index (χ3v) is 9.54. The SMILES string of the molecule is COc1cc2c(Oc3ccc(NC(=O)C4(C(=O)Nc5ccc(F)cc5)CC4)cc3)ccnc2cc1COCCN1CCN(CCNC(=O)OC(C)(C)C)CC1. The van der Waals surface area contributed by atoms with Crippen LogP contribution in [0.3, 0.4) is 0 Å². The van der Waals surface area contributed by atoms with Crippen LogP contribution in [0.2, 0.25) is 0 Å². The highest BCUT2D eigenvalue weighted by Crippen LogP contribution is 2.47. The lowest BCUT2D eigenvalue weighted by Gasteiger charge is -2.34. The zero-order chi connectivity index (χ0) is 39.0. The van der Waals surface area contributed by atoms with Crippen molar-refractivity contribution >= 4 is 40.2 Å². The number of halogens is 1. The molecule has 13 nitrogen and oxygen atoms in total. The third-order valence-electron chi connectivity index (χ3n) is 9.54. The van der Waals surface area contributed by atoms with Crippen LogP contribution in [-0.2, 0) is 25.7 Å². The number of carbonyl (C=O) groups excluding carboxylic acids is 3. The minimum absolute atomic E-state index is 0.366. The minimum Gasteiger partial charge on any atom is -0.496 e. The van der Waals surface area contributed by atoms with Crippen molar-refractivity contribution in [2.75, 3.05) is 70.2 Å². The largest absolute Gasteiger partial charge is 0.496 e. The first-order valence-electron chi connectivity index (χ1n) is 18.5. The van der Waals surface area contributed by atoms with Crippen LogP contribution in [0.4, 0.5) is 20.6 Å². The summed E-state index contributed by atoms with van der Waals surface area (Å²) in [5, 5.41) is 9.15. The second kappa shape index (κ2) is 17.4. The summed E-state index contributed by atoms with van der Waals surface area (Å²) in [7, 11) is 1.62. The van der Waals surface area contributed by atoms with Gasteiger partial charge in [0.05, 0.1) is 25.8 Å². The summed E-state index contributed by atoms with van der Waals surface area (Å²) in [6.07, 6.45) is 2.15. The molecule has 4 aromatic rings. The van der Waals surface area contributed by atoms with E-state index in [0.717, 1.165) is 55.7 Å². The summed E-state index contributed by atoms with van der Waals surface area (Å²) in [5.41, 5.74) is 0.890. The molecule has 1 aliphatic heterocycles. The van der Waals surface area contributed by atoms with Gasteiger partial charge in [-0.2, -0.15) is 0 Å². The fourth-order valence-electron chi connectivity index (χ4n) is 6.28. The molecule has 55 heavy (non-hydrogen) atoms. The monoisotopic (exact) mass is 756 g/mol. The first-order valence-corrected chi connectivity index (χ1v) is 18.5. The topological polar surface area (TPSA) is 144 Å². The van der Waals surface area contributed by atoms with Gasteiger partial charge in [-0.1, -0.05) is 0 Å². The summed E-state index contributed by atoms with van der Waals surface area (Å²) in [6.45, 7) is 12.3. The number of amides is 3. The van der Waals surface area contributed by atoms with Gasteiger partial charge in [-0.25, -0.2) is 9.18 Å². The predicted octanol–water partition coefficient (Wildman–Crippen LogP) is 6.19. The Hall–Kier alpha value is -5.31. The number of benzene rings is 3. The molecule has 0 unspecified atom stereocenters. The number of fused-ring (bicyclic) bond motifs is 1. The van der Waals surface area contributed by atoms with E-state index in [1.54, 1.807) is 43.6 Å². The summed E-state index contributed by atoms with van der Waals surface area (Å²) < 4.78 is 36.6. The van der Waals surface area contributed by atoms with E-state index < -0.39 is 28.6 Å². The quantitative estimate of drug-likeness (QED) is 0.0949. The summed E-state index contributed by atoms with van der Waals surface area (Å²) >= 11 is 0. The van der Waals surface area contributed by atoms with E-state index in [2.05, 4.69) is 30.7 Å². The van der Waals surface area contributed by atoms with Crippen molar-refractivity contribution in [2.45, 2.75) is 45.8 Å². The molecule has 2 fully saturated rings. The summed E-state index contributed by atoms with van der Waals surface area (Å²) in [5.74, 6) is 0.575. The first kappa shape index (κ1) is 39.4. The van der Waals surface area contributed by atoms with Crippen LogP contribution in [0.25, 0.3) is 10.9 Å². The number of aromatic nitrogens is 1. The van der Waals surface area contributed by atoms with E-state index in [1.807, 2.05) is 32.9 Å². The van der Waals surface area contributed by atoms with Gasteiger partial charge in [-0.3, -0.25) is 24.4 Å². The summed E-state index contributed by atoms with van der Waals surface area (Å²) in [6, 6.07) is 18.0. The van der Waals surface area contributed by atoms with Crippen molar-refractivity contribution in [3.63, 3.8) is 0 Å². The van der Waals surface area contributed by atoms with Crippen LogP contribution in [0.5, 0.6) is 17.2 Å². The van der Waals surface area contributed by atoms with E-state index in [9.17, 15) is 18.8 Å². The predicted molar refractivity (Wildman–Crippen MR) is 207 cm³/mol. The van der Waals surface area contributed by atoms with Gasteiger partial charge in [0.1, 0.15) is 34.1 Å². The van der Waals surface area contributed by atoms with Gasteiger partial charge in [-0.05, 0) is 100 Å². The maximum atomic E-state index is 13.3. The van der Waals surface area contributed by atoms with Crippen LogP contribution < -0.4 is 25.4 Å². The van der Waals surface area contributed by atoms with Crippen LogP contribution in [0.1, 0.15) is 39.2 Å². The van der Waals surface area contributed by atoms with Gasteiger partial charge in [0.15, 0.2) is 0 Å². The molecule has 3 amide bonds. The summed E-state index contributed by atoms with van der Waals surface area (Å²) in [4.78, 5) is 47.2. The van der Waals surface area contributed by atoms with Gasteiger partial charge < -0.3 is 34.9 Å². The number of rotatable bonds is 15. The van der Waals surface area contributed by atoms with E-state index >= 15 is 0 Å². The van der Waals surface area contributed by atoms with Crippen molar-refractivity contribution in [1.82, 2.24) is 20.1 Å². The number of ether oxygens (including phenoxy) is 4. The van der Waals surface area contributed by atoms with E-state index in [-0.39, 0.29) is 6.09 Å². The highest BCUT2D eigenvalue weighted by Gasteiger charge is 2.56. The molecule has 6 rings (SSSR count). The van der Waals surface area contributed by atoms with Crippen LogP contribution in [0.15, 0.2) is 72.9 Å². The van der Waals surface area contributed by atoms with Gasteiger partial charge in [0, 0.05) is 74.3 Å². The smallest absolute Gasteiger partial charge is 0.407 e. The molecule has 0 bridgehead atoms. The number of carbonyl (C=O) groups is 3. The van der Waals surface area contributed by atoms with E-state index in [4.69, 9.17) is 18.9 Å². The zero-order valence-electron chi connectivity index (χ0n) is 31.8. The maximum Gasteiger partial charge on any atom is 0.407 e. The van der Waals surface area contributed by atoms with Crippen molar-refractivity contribution in [3.8, 4) is 17.2 Å². The average Bonchev–Trinajstić information content (AvgIpc) is 3.98. The van der Waals surface area contributed by atoms with Crippen LogP contribution in [-0.4, -0.2) is 97.8 Å². The highest BCUT2D eigenvalue weighted by atomic mass is 19.1. The van der Waals surface area contributed by atoms with Crippen molar-refractivity contribution in [3.05, 3.63) is 84.3 Å². The molecule has 2 aliphatic rings. The fourth-order valence-corrected chi connectivity index (χ4v) is 6.28. The Morgan fingerprint density at radius 3 is 2.05 bits per heavy atom. The molecule has 1 saturated heterocycles. The third kappa shape index (κ3) is 10.7. The van der Waals surface area contributed by atoms with E-state index in [1.165, 1.54) is 24.3 Å². The number of hydrogen-bond acceptors (Lipinski definition) is 10. The van der Waals surface area contributed by atoms with Crippen LogP contribution in [0, 0.1) is 11.2 Å². The van der Waals surface area contributed by atoms with E-state index in [0.29, 0.717) is 61.2 Å². The number of nitrogens with one attached hydrogen (secondary N) is 3. The maximum absolute atomic E-state index is 13.3. The molecule has 1 aliphatic carbocycles. The number of hydrogen-bond donors (Lipinski definition) is 3. The molecule has 1 aromatic heterocycles. The second-order valence-corrected chi connectivity index (χ2v) is 14.8. The van der Waals surface area contributed by atoms with Crippen molar-refractivity contribution in [1.29, 1.82) is 0 Å². The Balaban J connectivity index is 0.964. The number of alkyl carbamates (subject to hydrolysis) is 1. The van der Waals surface area contributed by atoms with Gasteiger partial charge >= 0.3 is 6.09 Å². The van der Waals surface area contributed by atoms with Gasteiger partial charge in [0.2, 0.25) is 11.8 Å². The Morgan fingerprint density at radius 2 is 1.45 bits per heavy atom. The highest BCUT2D eigenvalue weighted by molar-refractivity contribution is 6.16. The molecular formula is C41H49FN6O7. The Bertz CT molecular complexity index is 1960. The molecular weight excluding hydrogens is 707 g/mol. The molecule has 0 radical (unpaired) electrons. The normalized spacial score (nSPS) is 15.6. The van der Waals surface area contributed by atoms with Crippen LogP contribution >= 0.6 is 0 Å². The average molecular weight is 757 g/mol. The molecule has 3 aromatic carbocycles. The minimum atomic E-state index is -1.16. The fraction of sp³-hybridized carbons (Fsp3) is 0.415. The molecule has 1 saturated carbocycles. The number of pyridine rings is 1. The molecule has 14 heteroatoms. The lowest BCUT2D eigenvalue weighted by molar-refractivity contribution is -0.131. The first-order chi connectivity index (χ1) is 26.4. The Labute approximate surface area is 320 Å². The van der Waals surface area contributed by atoms with Crippen molar-refractivity contribution < 1.29 is 37.7 Å². The lowest BCUT2D eigenvalue weighted by atomic mass is 10.0. The lowest BCUT2D eigenvalue weighted by Crippen LogP contribution is -2.49. The molecule has 0 atom stereocenters. The Kier molecular flexibility index (Phi) is 12.5. The molecule has 292 valence electrons.